The number of amides is 1. The molecule has 2 heterocycles. The number of carboxylic acid groups (broad SMARTS) is 1. The molecule has 1 aromatic heterocycles. The highest BCUT2D eigenvalue weighted by Crippen LogP contribution is 2.34. The van der Waals surface area contributed by atoms with Gasteiger partial charge in [0.05, 0.1) is 10.4 Å². The Hall–Kier alpha value is -1.62. The third-order valence-corrected chi connectivity index (χ3v) is 3.94. The van der Waals surface area contributed by atoms with Crippen LogP contribution in [0.4, 0.5) is 0 Å². The van der Waals surface area contributed by atoms with Crippen LogP contribution in [-0.2, 0) is 4.79 Å². The molecule has 1 aromatic rings. The Balaban J connectivity index is 2.14. The molecule has 0 radical (unpaired) electrons. The highest BCUT2D eigenvalue weighted by atomic mass is 35.5. The second-order valence-electron chi connectivity index (χ2n) is 4.78. The summed E-state index contributed by atoms with van der Waals surface area (Å²) >= 11 is 5.72. The van der Waals surface area contributed by atoms with Gasteiger partial charge in [0.2, 0.25) is 0 Å². The van der Waals surface area contributed by atoms with Gasteiger partial charge >= 0.3 is 5.97 Å². The lowest BCUT2D eigenvalue weighted by Gasteiger charge is -2.22. The minimum Gasteiger partial charge on any atom is -0.481 e. The topological polar surface area (TPSA) is 70.5 Å². The van der Waals surface area contributed by atoms with E-state index in [0.717, 1.165) is 0 Å². The maximum absolute atomic E-state index is 12.2. The molecule has 102 valence electrons. The summed E-state index contributed by atoms with van der Waals surface area (Å²) in [6.07, 6.45) is 2.41. The van der Waals surface area contributed by atoms with E-state index in [2.05, 4.69) is 4.98 Å². The summed E-state index contributed by atoms with van der Waals surface area (Å²) in [7, 11) is 0. The number of likely N-dealkylation sites (tertiary alicyclic amines) is 1. The number of aliphatic carboxylic acids is 1. The van der Waals surface area contributed by atoms with E-state index >= 15 is 0 Å². The van der Waals surface area contributed by atoms with Gasteiger partial charge in [-0.25, -0.2) is 4.98 Å². The van der Waals surface area contributed by atoms with Crippen molar-refractivity contribution in [2.75, 3.05) is 13.1 Å². The quantitative estimate of drug-likeness (QED) is 0.921. The molecule has 1 N–H and O–H groups in total. The van der Waals surface area contributed by atoms with E-state index in [-0.39, 0.29) is 12.5 Å². The molecule has 0 aliphatic carbocycles. The van der Waals surface area contributed by atoms with Crippen molar-refractivity contribution >= 4 is 23.5 Å². The van der Waals surface area contributed by atoms with Crippen molar-refractivity contribution < 1.29 is 14.7 Å². The molecule has 1 atom stereocenters. The van der Waals surface area contributed by atoms with Crippen molar-refractivity contribution in [1.82, 2.24) is 9.88 Å². The monoisotopic (exact) mass is 282 g/mol. The minimum absolute atomic E-state index is 0.238. The first-order chi connectivity index (χ1) is 8.98. The van der Waals surface area contributed by atoms with Crippen molar-refractivity contribution in [3.63, 3.8) is 0 Å². The lowest BCUT2D eigenvalue weighted by Crippen LogP contribution is -2.36. The normalized spacial score (nSPS) is 22.5. The molecule has 0 saturated carbocycles. The average molecular weight is 283 g/mol. The van der Waals surface area contributed by atoms with Gasteiger partial charge in [0.25, 0.3) is 5.91 Å². The van der Waals surface area contributed by atoms with Crippen LogP contribution in [0.5, 0.6) is 0 Å². The summed E-state index contributed by atoms with van der Waals surface area (Å²) in [5.74, 6) is -1.08. The van der Waals surface area contributed by atoms with Gasteiger partial charge < -0.3 is 10.0 Å². The maximum atomic E-state index is 12.2. The summed E-state index contributed by atoms with van der Waals surface area (Å²) < 4.78 is 0. The lowest BCUT2D eigenvalue weighted by molar-refractivity contribution is -0.148. The highest BCUT2D eigenvalue weighted by molar-refractivity contribution is 6.30. The zero-order valence-corrected chi connectivity index (χ0v) is 11.4. The van der Waals surface area contributed by atoms with E-state index in [1.807, 2.05) is 6.92 Å². The molecular formula is C13H15ClN2O3. The number of pyridine rings is 1. The fourth-order valence-electron chi connectivity index (χ4n) is 2.32. The number of rotatable bonds is 3. The third-order valence-electron chi connectivity index (χ3n) is 3.72. The molecule has 0 bridgehead atoms. The molecule has 1 saturated heterocycles. The largest absolute Gasteiger partial charge is 0.481 e. The fourth-order valence-corrected chi connectivity index (χ4v) is 2.44. The van der Waals surface area contributed by atoms with Crippen LogP contribution in [0.15, 0.2) is 18.3 Å². The lowest BCUT2D eigenvalue weighted by atomic mass is 9.84. The van der Waals surface area contributed by atoms with Gasteiger partial charge in [-0.15, -0.1) is 0 Å². The molecule has 1 unspecified atom stereocenters. The second-order valence-corrected chi connectivity index (χ2v) is 5.21. The number of hydrogen-bond acceptors (Lipinski definition) is 3. The van der Waals surface area contributed by atoms with E-state index in [0.29, 0.717) is 30.1 Å². The second kappa shape index (κ2) is 5.17. The van der Waals surface area contributed by atoms with Crippen molar-refractivity contribution in [2.45, 2.75) is 19.8 Å². The zero-order valence-electron chi connectivity index (χ0n) is 10.6. The number of nitrogens with zero attached hydrogens (tertiary/aromatic N) is 2. The summed E-state index contributed by atoms with van der Waals surface area (Å²) in [5.41, 5.74) is -0.524. The number of aromatic nitrogens is 1. The summed E-state index contributed by atoms with van der Waals surface area (Å²) in [6.45, 7) is 2.52. The predicted octanol–water partition coefficient (Wildman–Crippen LogP) is 2.06. The van der Waals surface area contributed by atoms with Crippen molar-refractivity contribution in [3.05, 3.63) is 29.0 Å². The molecule has 0 aromatic carbocycles. The van der Waals surface area contributed by atoms with Gasteiger partial charge in [-0.2, -0.15) is 0 Å². The van der Waals surface area contributed by atoms with E-state index in [9.17, 15) is 14.7 Å². The van der Waals surface area contributed by atoms with E-state index in [4.69, 9.17) is 11.6 Å². The summed E-state index contributed by atoms with van der Waals surface area (Å²) in [6, 6.07) is 3.15. The van der Waals surface area contributed by atoms with E-state index in [1.54, 1.807) is 17.0 Å². The van der Waals surface area contributed by atoms with Crippen LogP contribution < -0.4 is 0 Å². The van der Waals surface area contributed by atoms with Gasteiger partial charge in [-0.1, -0.05) is 18.5 Å². The van der Waals surface area contributed by atoms with Crippen LogP contribution in [-0.4, -0.2) is 40.0 Å². The minimum atomic E-state index is -0.839. The molecule has 1 aliphatic heterocycles. The fraction of sp³-hybridized carbons (Fsp3) is 0.462. The highest BCUT2D eigenvalue weighted by Gasteiger charge is 2.44. The Bertz CT molecular complexity index is 503. The van der Waals surface area contributed by atoms with Crippen molar-refractivity contribution in [2.24, 2.45) is 5.41 Å². The van der Waals surface area contributed by atoms with Gasteiger partial charge in [-0.3, -0.25) is 9.59 Å². The van der Waals surface area contributed by atoms with Gasteiger partial charge in [0, 0.05) is 19.3 Å². The standard InChI is InChI=1S/C13H15ClN2O3/c1-2-13(12(18)19)5-6-16(8-13)11(17)10-4-3-9(14)7-15-10/h3-4,7H,2,5-6,8H2,1H3,(H,18,19). The van der Waals surface area contributed by atoms with Gasteiger partial charge in [0.15, 0.2) is 0 Å². The molecule has 1 aliphatic rings. The van der Waals surface area contributed by atoms with Crippen LogP contribution in [0.25, 0.3) is 0 Å². The molecule has 6 heteroatoms. The first-order valence-corrected chi connectivity index (χ1v) is 6.50. The molecule has 0 spiro atoms. The molecule has 1 fully saturated rings. The molecule has 2 rings (SSSR count). The number of hydrogen-bond donors (Lipinski definition) is 1. The molecule has 19 heavy (non-hydrogen) atoms. The van der Waals surface area contributed by atoms with E-state index in [1.165, 1.54) is 6.20 Å². The van der Waals surface area contributed by atoms with Crippen molar-refractivity contribution in [3.8, 4) is 0 Å². The smallest absolute Gasteiger partial charge is 0.311 e. The average Bonchev–Trinajstić information content (AvgIpc) is 2.84. The Morgan fingerprint density at radius 3 is 2.74 bits per heavy atom. The predicted molar refractivity (Wildman–Crippen MR) is 70.1 cm³/mol. The SMILES string of the molecule is CCC1(C(=O)O)CCN(C(=O)c2ccc(Cl)cn2)C1. The third kappa shape index (κ3) is 2.56. The Kier molecular flexibility index (Phi) is 3.75. The Morgan fingerprint density at radius 2 is 2.26 bits per heavy atom. The number of carbonyl (C=O) groups is 2. The van der Waals surface area contributed by atoms with Crippen LogP contribution in [0.1, 0.15) is 30.3 Å². The zero-order chi connectivity index (χ0) is 14.0. The van der Waals surface area contributed by atoms with Crippen LogP contribution in [0, 0.1) is 5.41 Å². The number of carboxylic acids is 1. The van der Waals surface area contributed by atoms with Gasteiger partial charge in [-0.05, 0) is 25.0 Å². The van der Waals surface area contributed by atoms with Gasteiger partial charge in [0.1, 0.15) is 5.69 Å². The maximum Gasteiger partial charge on any atom is 0.311 e. The molecular weight excluding hydrogens is 268 g/mol. The van der Waals surface area contributed by atoms with Crippen LogP contribution >= 0.6 is 11.6 Å². The van der Waals surface area contributed by atoms with Crippen LogP contribution in [0.2, 0.25) is 5.02 Å². The van der Waals surface area contributed by atoms with E-state index < -0.39 is 11.4 Å². The first kappa shape index (κ1) is 13.8. The Labute approximate surface area is 116 Å². The summed E-state index contributed by atoms with van der Waals surface area (Å²) in [4.78, 5) is 29.1. The number of halogens is 1. The first-order valence-electron chi connectivity index (χ1n) is 6.13. The van der Waals surface area contributed by atoms with Crippen molar-refractivity contribution in [1.29, 1.82) is 0 Å². The molecule has 5 nitrogen and oxygen atoms in total. The van der Waals surface area contributed by atoms with Crippen LogP contribution in [0.3, 0.4) is 0 Å². The number of carbonyl (C=O) groups excluding carboxylic acids is 1. The molecule has 1 amide bonds. The summed E-state index contributed by atoms with van der Waals surface area (Å²) in [5, 5.41) is 9.76. The Morgan fingerprint density at radius 1 is 1.53 bits per heavy atom.